The molecule has 5 fully saturated rings. The van der Waals surface area contributed by atoms with Crippen LogP contribution in [0.25, 0.3) is 0 Å². The molecule has 4 aromatic heterocycles. The largest absolute Gasteiger partial charge is 0.495 e. The van der Waals surface area contributed by atoms with E-state index >= 15 is 4.79 Å². The number of aromatic nitrogens is 6. The van der Waals surface area contributed by atoms with Gasteiger partial charge in [0.15, 0.2) is 5.72 Å². The second-order valence-electron chi connectivity index (χ2n) is 38.2. The molecule has 6 aliphatic rings. The molecule has 36 heteroatoms. The van der Waals surface area contributed by atoms with Gasteiger partial charge in [0.05, 0.1) is 93.5 Å². The number of fused-ring (bicyclic) bond motifs is 5. The Kier molecular flexibility index (Phi) is 37.9. The lowest BCUT2D eigenvalue weighted by Gasteiger charge is -2.42. The van der Waals surface area contributed by atoms with Crippen LogP contribution in [0.4, 0.5) is 10.5 Å². The Morgan fingerprint density at radius 3 is 1.99 bits per heavy atom. The minimum absolute atomic E-state index is 0.00771. The number of nitrogens with zero attached hydrogens (tertiary/aromatic N) is 10. The maximum Gasteiger partial charge on any atom is 0.409 e. The van der Waals surface area contributed by atoms with E-state index in [1.807, 2.05) is 115 Å². The number of carbonyl (C=O) groups excluding carboxylic acids is 9. The van der Waals surface area contributed by atoms with Crippen LogP contribution >= 0.6 is 35.0 Å². The Morgan fingerprint density at radius 1 is 0.718 bits per heavy atom. The predicted octanol–water partition coefficient (Wildman–Crippen LogP) is 13.5. The van der Waals surface area contributed by atoms with E-state index in [0.717, 1.165) is 94.3 Å². The summed E-state index contributed by atoms with van der Waals surface area (Å²) in [5.74, 6) is -0.605. The maximum absolute atomic E-state index is 15.5. The molecule has 1 unspecified atom stereocenters. The third kappa shape index (κ3) is 28.6. The number of benzene rings is 4. The van der Waals surface area contributed by atoms with Crippen LogP contribution in [0.15, 0.2) is 176 Å². The number of alkyl carbamates (subject to hydrolysis) is 1. The number of ether oxygens (including phenoxy) is 8. The number of halogens is 2. The van der Waals surface area contributed by atoms with Gasteiger partial charge in [-0.05, 0) is 185 Å². The quantitative estimate of drug-likeness (QED) is 0.00894. The summed E-state index contributed by atoms with van der Waals surface area (Å²) in [5, 5.41) is 20.5. The summed E-state index contributed by atoms with van der Waals surface area (Å²) in [6.45, 7) is 13.4. The van der Waals surface area contributed by atoms with E-state index < -0.39 is 88.7 Å². The van der Waals surface area contributed by atoms with Crippen molar-refractivity contribution >= 4 is 94.1 Å². The van der Waals surface area contributed by atoms with Crippen LogP contribution in [0.5, 0.6) is 11.5 Å². The second-order valence-corrected chi connectivity index (χ2v) is 40.3. The van der Waals surface area contributed by atoms with Gasteiger partial charge < -0.3 is 78.3 Å². The Morgan fingerprint density at radius 2 is 1.37 bits per heavy atom. The van der Waals surface area contributed by atoms with Crippen molar-refractivity contribution < 1.29 is 86.2 Å². The second kappa shape index (κ2) is 50.7. The number of likely N-dealkylation sites (tertiary alicyclic amines) is 1. The molecule has 4 aromatic carbocycles. The average molecular weight is 2010 g/mol. The lowest BCUT2D eigenvalue weighted by atomic mass is 9.68. The third-order valence-electron chi connectivity index (χ3n) is 27.9. The summed E-state index contributed by atoms with van der Waals surface area (Å²) in [5.41, 5.74) is 4.36. The zero-order valence-electron chi connectivity index (χ0n) is 82.2. The monoisotopic (exact) mass is 2010 g/mol. The third-order valence-corrected chi connectivity index (χ3v) is 29.7. The number of nitrogens with one attached hydrogen (secondary N) is 5. The van der Waals surface area contributed by atoms with E-state index in [2.05, 4.69) is 73.9 Å². The van der Waals surface area contributed by atoms with Crippen LogP contribution in [-0.2, 0) is 120 Å². The number of pyridine rings is 2. The molecule has 8 aromatic rings. The first-order valence-corrected chi connectivity index (χ1v) is 51.0. The minimum Gasteiger partial charge on any atom is -0.495 e. The first-order chi connectivity index (χ1) is 68.5. The minimum atomic E-state index is -1.90. The molecular formula is C106H133Cl2N15O18S. The first kappa shape index (κ1) is 106. The number of hydrogen-bond donors (Lipinski definition) is 6. The summed E-state index contributed by atoms with van der Waals surface area (Å²) in [6.07, 6.45) is 19.1. The van der Waals surface area contributed by atoms with Crippen molar-refractivity contribution in [3.63, 3.8) is 0 Å². The molecule has 14 rings (SSSR count). The van der Waals surface area contributed by atoms with Crippen molar-refractivity contribution in [1.82, 2.24) is 70.4 Å². The zero-order chi connectivity index (χ0) is 100. The zero-order valence-corrected chi connectivity index (χ0v) is 84.5. The molecule has 4 aliphatic heterocycles. The van der Waals surface area contributed by atoms with E-state index in [0.29, 0.717) is 132 Å². The highest BCUT2D eigenvalue weighted by atomic mass is 35.5. The summed E-state index contributed by atoms with van der Waals surface area (Å²) >= 11 is 14.6. The number of epoxide rings is 1. The van der Waals surface area contributed by atoms with Crippen molar-refractivity contribution in [1.29, 1.82) is 0 Å². The van der Waals surface area contributed by atoms with Gasteiger partial charge in [-0.2, -0.15) is 0 Å². The van der Waals surface area contributed by atoms with Gasteiger partial charge in [0.2, 0.25) is 35.4 Å². The van der Waals surface area contributed by atoms with Crippen molar-refractivity contribution in [3.05, 3.63) is 243 Å². The number of anilines is 1. The fourth-order valence-electron chi connectivity index (χ4n) is 19.7. The van der Waals surface area contributed by atoms with Gasteiger partial charge >= 0.3 is 12.1 Å². The first-order valence-electron chi connectivity index (χ1n) is 49.2. The molecule has 760 valence electrons. The molecule has 6 N–H and O–H groups in total. The number of imide groups is 1. The summed E-state index contributed by atoms with van der Waals surface area (Å²) < 4.78 is 48.1. The normalized spacial score (nSPS) is 22.7. The molecule has 33 nitrogen and oxygen atoms in total. The fraction of sp³-hybridized carbons (Fsp3) is 0.500. The van der Waals surface area contributed by atoms with Gasteiger partial charge in [-0.25, -0.2) is 19.6 Å². The van der Waals surface area contributed by atoms with Gasteiger partial charge in [0.1, 0.15) is 58.1 Å². The number of H-pyrrole nitrogens is 2. The highest BCUT2D eigenvalue weighted by molar-refractivity contribution is 8.00. The predicted molar refractivity (Wildman–Crippen MR) is 536 cm³/mol. The van der Waals surface area contributed by atoms with Crippen LogP contribution in [0, 0.1) is 17.8 Å². The van der Waals surface area contributed by atoms with E-state index in [4.69, 9.17) is 61.1 Å². The topological polar surface area (TPSA) is 390 Å². The summed E-state index contributed by atoms with van der Waals surface area (Å²) in [4.78, 5) is 161. The van der Waals surface area contributed by atoms with Gasteiger partial charge in [0.25, 0.3) is 5.91 Å². The molecule has 4 bridgehead atoms. The number of unbranched alkanes of at least 4 members (excludes halogenated alkanes) is 1. The number of amides is 8. The van der Waals surface area contributed by atoms with E-state index in [9.17, 15) is 43.5 Å². The fourth-order valence-corrected chi connectivity index (χ4v) is 21.3. The molecule has 8 amide bonds. The maximum atomic E-state index is 15.5. The van der Waals surface area contributed by atoms with Crippen molar-refractivity contribution in [3.8, 4) is 11.5 Å². The smallest absolute Gasteiger partial charge is 0.409 e. The molecule has 0 radical (unpaired) electrons. The molecule has 8 heterocycles. The Hall–Kier alpha value is -11.4. The number of hydrogen-bond acceptors (Lipinski definition) is 25. The number of imidazole rings is 2. The van der Waals surface area contributed by atoms with Gasteiger partial charge in [-0.15, -0.1) is 11.8 Å². The molecule has 2 aliphatic carbocycles. The van der Waals surface area contributed by atoms with Gasteiger partial charge in [-0.3, -0.25) is 63.5 Å². The van der Waals surface area contributed by atoms with Crippen LogP contribution in [0.1, 0.15) is 185 Å². The van der Waals surface area contributed by atoms with E-state index in [-0.39, 0.29) is 111 Å². The lowest BCUT2D eigenvalue weighted by Crippen LogP contribution is -2.63. The van der Waals surface area contributed by atoms with E-state index in [1.165, 1.54) is 54.7 Å². The molecule has 0 spiro atoms. The molecular weight excluding hydrogens is 1870 g/mol. The van der Waals surface area contributed by atoms with Crippen molar-refractivity contribution in [2.24, 2.45) is 17.8 Å². The average Bonchev–Trinajstić information content (AvgIpc) is 1.56. The Balaban J connectivity index is 0.496. The number of rotatable bonds is 44. The molecule has 9 atom stereocenters. The molecule has 3 saturated heterocycles. The number of esters is 1. The number of likely N-dealkylation sites (N-methyl/N-ethyl adjacent to an activating group) is 1. The summed E-state index contributed by atoms with van der Waals surface area (Å²) in [7, 11) is 5.88. The Labute approximate surface area is 844 Å². The van der Waals surface area contributed by atoms with E-state index in [1.54, 1.807) is 69.7 Å². The van der Waals surface area contributed by atoms with Crippen LogP contribution < -0.4 is 30.3 Å². The Bertz CT molecular complexity index is 5520. The summed E-state index contributed by atoms with van der Waals surface area (Å²) in [6, 6.07) is 35.9. The van der Waals surface area contributed by atoms with Crippen LogP contribution in [0.2, 0.25) is 10.0 Å². The van der Waals surface area contributed by atoms with Gasteiger partial charge in [-0.1, -0.05) is 116 Å². The van der Waals surface area contributed by atoms with Gasteiger partial charge in [0, 0.05) is 165 Å². The van der Waals surface area contributed by atoms with Crippen LogP contribution in [-0.4, -0.2) is 253 Å². The standard InChI is InChI=1S/C106H133Cl2N15O18S/c1-70-19-18-22-89(135-8)106(133)61-87(139-103(132)117-106)71(2)97-104(4,141-97)90(60-94(125)119(6)85-57-75(53-70)58-86(134-7)96(85)108)140-101(130)72(3)118(5)93(124)35-52-142-88-59-95(126)123(100(88)129)65-74-25-29-79(30-26-74)99(128)116-45-49-137-51-50-136-48-44-115-98(127)78-27-23-73(24-28-78)64-122(102(131)105(36-12-9-13-37-105)80-31-33-81(107)34-32-80)46-16-17-47-138-84-55-76(62-120(68-91-111-40-41-112-91)66-82-20-10-14-38-109-82)54-77(56-84)63-121(69-92-113-42-43-114-92)67-83-21-11-15-39-110-83/h10-11,14-15,18-24,27-28,31-34,38-43,54-58,71-72,74,79,87-90,97,133H,9,12-13,16-17,25-26,29-30,35-37,44-53,59-69H2,1-8H3,(H,111,112)(H,113,114)(H,115,127)(H,116,128)(H,117,132)/b22-18+,70-19+/t71-,72-,74?,79?,87+,88?,89-,90+,97-,104+,106+/m1/s1. The highest BCUT2D eigenvalue weighted by Gasteiger charge is 2.65. The number of aliphatic hydroxyl groups is 1. The van der Waals surface area contributed by atoms with Crippen molar-refractivity contribution in [2.45, 2.75) is 229 Å². The SMILES string of the molecule is COc1cc2cc(c1Cl)N(C)C(=O)C[C@H](OC(=O)[C@@H](C)N(C)C(=O)CCSC1CC(=O)N(CC3CCC(C(=O)NCCOCCOCCNC(=O)c4ccc(CN(CCCCOc5cc(CN(Cc6ccccn6)Cc6ncc[nH]6)cc(CN(Cc6ccccn6)Cc6ncc[nH]6)c5)C(=O)C5(c6ccc(Cl)cc6)CCCCC5)cc4)CC3)C1=O)[C@]1(C)O[C@@H]1[C@H](C)[C@@H]1C[C@@](O)(NC(=O)O1)[C@H](OC)/C=C/C=C(\C)C2. The number of carbonyl (C=O) groups is 9. The number of allylic oxidation sites excluding steroid dienone is 3. The molecule has 2 saturated carbocycles. The van der Waals surface area contributed by atoms with Crippen molar-refractivity contribution in [2.75, 3.05) is 98.2 Å². The molecule has 142 heavy (non-hydrogen) atoms. The number of aromatic amines is 2. The lowest BCUT2D eigenvalue weighted by molar-refractivity contribution is -0.162. The number of methoxy groups -OCH3 is 2. The van der Waals surface area contributed by atoms with Crippen LogP contribution in [0.3, 0.4) is 0 Å². The highest BCUT2D eigenvalue weighted by Crippen LogP contribution is 2.50. The number of thioether (sulfide) groups is 1.